The molecule has 6 heteroatoms. The lowest BCUT2D eigenvalue weighted by Crippen LogP contribution is -2.31. The number of nitrogen functional groups attached to an aromatic ring is 1. The number of aromatic nitrogens is 2. The van der Waals surface area contributed by atoms with Crippen LogP contribution in [0.4, 0.5) is 0 Å². The van der Waals surface area contributed by atoms with Crippen molar-refractivity contribution in [2.24, 2.45) is 5.84 Å². The van der Waals surface area contributed by atoms with Gasteiger partial charge in [-0.3, -0.25) is 15.3 Å². The van der Waals surface area contributed by atoms with E-state index in [0.29, 0.717) is 17.0 Å². The molecule has 20 heavy (non-hydrogen) atoms. The number of carbonyl (C=O) groups excluding carboxylic acids is 1. The molecule has 0 spiro atoms. The van der Waals surface area contributed by atoms with Gasteiger partial charge in [0.15, 0.2) is 0 Å². The van der Waals surface area contributed by atoms with E-state index >= 15 is 0 Å². The quantitative estimate of drug-likeness (QED) is 0.450. The van der Waals surface area contributed by atoms with Crippen molar-refractivity contribution in [3.05, 3.63) is 46.8 Å². The molecule has 0 radical (unpaired) electrons. The monoisotopic (exact) mass is 274 g/mol. The van der Waals surface area contributed by atoms with Crippen LogP contribution in [0.2, 0.25) is 0 Å². The van der Waals surface area contributed by atoms with Crippen LogP contribution < -0.4 is 16.0 Å². The topological polar surface area (TPSA) is 93.0 Å². The van der Waals surface area contributed by atoms with E-state index in [1.807, 2.05) is 38.1 Å². The summed E-state index contributed by atoms with van der Waals surface area (Å²) < 4.78 is 5.88. The Morgan fingerprint density at radius 1 is 1.40 bits per heavy atom. The number of rotatable bonds is 4. The van der Waals surface area contributed by atoms with Crippen LogP contribution in [0.1, 0.15) is 40.3 Å². The molecule has 6 nitrogen and oxygen atoms in total. The summed E-state index contributed by atoms with van der Waals surface area (Å²) in [5, 5.41) is 6.93. The Bertz CT molecular complexity index is 621. The van der Waals surface area contributed by atoms with E-state index in [-0.39, 0.29) is 12.0 Å². The molecule has 0 saturated carbocycles. The second-order valence-corrected chi connectivity index (χ2v) is 4.61. The van der Waals surface area contributed by atoms with Gasteiger partial charge in [-0.25, -0.2) is 5.84 Å². The molecule has 1 unspecified atom stereocenters. The van der Waals surface area contributed by atoms with E-state index in [9.17, 15) is 4.79 Å². The minimum absolute atomic E-state index is 0.367. The molecule has 0 aliphatic rings. The van der Waals surface area contributed by atoms with Crippen LogP contribution in [0.25, 0.3) is 0 Å². The predicted molar refractivity (Wildman–Crippen MR) is 75.2 cm³/mol. The number of aromatic amines is 1. The Labute approximate surface area is 117 Å². The number of amides is 1. The average molecular weight is 274 g/mol. The molecule has 1 aromatic heterocycles. The summed E-state index contributed by atoms with van der Waals surface area (Å²) in [7, 11) is 0. The van der Waals surface area contributed by atoms with Gasteiger partial charge in [-0.2, -0.15) is 5.10 Å². The number of aryl methyl sites for hydroxylation is 2. The summed E-state index contributed by atoms with van der Waals surface area (Å²) >= 11 is 0. The van der Waals surface area contributed by atoms with Gasteiger partial charge in [0.25, 0.3) is 5.91 Å². The SMILES string of the molecule is Cc1ccccc1OC(C)c1n[nH]c(C)c1C(=O)NN. The van der Waals surface area contributed by atoms with E-state index < -0.39 is 0 Å². The van der Waals surface area contributed by atoms with Crippen molar-refractivity contribution >= 4 is 5.91 Å². The van der Waals surface area contributed by atoms with Gasteiger partial charge in [0.2, 0.25) is 0 Å². The second kappa shape index (κ2) is 5.75. The average Bonchev–Trinajstić information content (AvgIpc) is 2.82. The van der Waals surface area contributed by atoms with Crippen molar-refractivity contribution in [1.82, 2.24) is 15.6 Å². The number of ether oxygens (including phenoxy) is 1. The summed E-state index contributed by atoms with van der Waals surface area (Å²) in [6, 6.07) is 7.69. The first-order valence-corrected chi connectivity index (χ1v) is 6.32. The van der Waals surface area contributed by atoms with E-state index in [1.54, 1.807) is 6.92 Å². The minimum atomic E-state index is -0.383. The summed E-state index contributed by atoms with van der Waals surface area (Å²) in [5.74, 6) is 5.58. The fourth-order valence-corrected chi connectivity index (χ4v) is 2.04. The number of nitrogens with zero attached hydrogens (tertiary/aromatic N) is 1. The number of hydrazine groups is 1. The highest BCUT2D eigenvalue weighted by molar-refractivity contribution is 5.96. The van der Waals surface area contributed by atoms with Gasteiger partial charge in [-0.15, -0.1) is 0 Å². The predicted octanol–water partition coefficient (Wildman–Crippen LogP) is 1.77. The molecule has 1 atom stereocenters. The summed E-state index contributed by atoms with van der Waals surface area (Å²) in [4.78, 5) is 11.8. The fraction of sp³-hybridized carbons (Fsp3) is 0.286. The minimum Gasteiger partial charge on any atom is -0.484 e. The zero-order chi connectivity index (χ0) is 14.7. The third-order valence-electron chi connectivity index (χ3n) is 3.12. The van der Waals surface area contributed by atoms with Crippen LogP contribution in [0.3, 0.4) is 0 Å². The number of H-pyrrole nitrogens is 1. The number of hydrogen-bond acceptors (Lipinski definition) is 4. The lowest BCUT2D eigenvalue weighted by Gasteiger charge is -2.15. The van der Waals surface area contributed by atoms with Crippen LogP contribution in [0.5, 0.6) is 5.75 Å². The number of para-hydroxylation sites is 1. The molecular formula is C14H18N4O2. The number of benzene rings is 1. The first-order valence-electron chi connectivity index (χ1n) is 6.32. The lowest BCUT2D eigenvalue weighted by atomic mass is 10.1. The second-order valence-electron chi connectivity index (χ2n) is 4.61. The Hall–Kier alpha value is -2.34. The van der Waals surface area contributed by atoms with Gasteiger partial charge < -0.3 is 4.74 Å². The maximum atomic E-state index is 11.8. The standard InChI is InChI=1S/C14H18N4O2/c1-8-6-4-5-7-11(8)20-10(3)13-12(14(19)16-15)9(2)17-18-13/h4-7,10H,15H2,1-3H3,(H,16,19)(H,17,18). The van der Waals surface area contributed by atoms with Crippen LogP contribution >= 0.6 is 0 Å². The van der Waals surface area contributed by atoms with Gasteiger partial charge in [-0.1, -0.05) is 18.2 Å². The van der Waals surface area contributed by atoms with Crippen LogP contribution in [-0.2, 0) is 0 Å². The van der Waals surface area contributed by atoms with Crippen LogP contribution in [0, 0.1) is 13.8 Å². The molecule has 2 rings (SSSR count). The molecule has 1 heterocycles. The van der Waals surface area contributed by atoms with Crippen LogP contribution in [-0.4, -0.2) is 16.1 Å². The maximum absolute atomic E-state index is 11.8. The Balaban J connectivity index is 2.28. The molecule has 1 aromatic carbocycles. The number of nitrogens with two attached hydrogens (primary N) is 1. The third kappa shape index (κ3) is 2.65. The molecule has 0 aliphatic carbocycles. The third-order valence-corrected chi connectivity index (χ3v) is 3.12. The molecule has 1 amide bonds. The van der Waals surface area contributed by atoms with Crippen molar-refractivity contribution in [1.29, 1.82) is 0 Å². The lowest BCUT2D eigenvalue weighted by molar-refractivity contribution is 0.0948. The summed E-state index contributed by atoms with van der Waals surface area (Å²) in [5.41, 5.74) is 4.76. The molecular weight excluding hydrogens is 256 g/mol. The highest BCUT2D eigenvalue weighted by Crippen LogP contribution is 2.26. The van der Waals surface area contributed by atoms with E-state index in [1.165, 1.54) is 0 Å². The Kier molecular flexibility index (Phi) is 4.05. The van der Waals surface area contributed by atoms with Gasteiger partial charge in [0, 0.05) is 5.69 Å². The maximum Gasteiger partial charge on any atom is 0.269 e. The van der Waals surface area contributed by atoms with Crippen molar-refractivity contribution in [2.75, 3.05) is 0 Å². The highest BCUT2D eigenvalue weighted by atomic mass is 16.5. The normalized spacial score (nSPS) is 12.0. The smallest absolute Gasteiger partial charge is 0.269 e. The van der Waals surface area contributed by atoms with Crippen LogP contribution in [0.15, 0.2) is 24.3 Å². The van der Waals surface area contributed by atoms with E-state index in [4.69, 9.17) is 10.6 Å². The van der Waals surface area contributed by atoms with E-state index in [2.05, 4.69) is 15.6 Å². The fourth-order valence-electron chi connectivity index (χ4n) is 2.04. The number of hydrogen-bond donors (Lipinski definition) is 3. The highest BCUT2D eigenvalue weighted by Gasteiger charge is 2.23. The Morgan fingerprint density at radius 2 is 2.10 bits per heavy atom. The molecule has 0 fully saturated rings. The molecule has 0 aliphatic heterocycles. The van der Waals surface area contributed by atoms with Crippen molar-refractivity contribution in [3.63, 3.8) is 0 Å². The number of carbonyl (C=O) groups is 1. The molecule has 106 valence electrons. The van der Waals surface area contributed by atoms with Gasteiger partial charge >= 0.3 is 0 Å². The summed E-state index contributed by atoms with van der Waals surface area (Å²) in [6.07, 6.45) is -0.367. The summed E-state index contributed by atoms with van der Waals surface area (Å²) in [6.45, 7) is 5.57. The first-order chi connectivity index (χ1) is 9.54. The van der Waals surface area contributed by atoms with Gasteiger partial charge in [-0.05, 0) is 32.4 Å². The molecule has 4 N–H and O–H groups in total. The van der Waals surface area contributed by atoms with E-state index in [0.717, 1.165) is 11.3 Å². The molecule has 0 bridgehead atoms. The Morgan fingerprint density at radius 3 is 2.75 bits per heavy atom. The molecule has 2 aromatic rings. The van der Waals surface area contributed by atoms with Crippen molar-refractivity contribution in [2.45, 2.75) is 26.9 Å². The van der Waals surface area contributed by atoms with Gasteiger partial charge in [0.05, 0.1) is 5.56 Å². The molecule has 0 saturated heterocycles. The van der Waals surface area contributed by atoms with Gasteiger partial charge in [0.1, 0.15) is 17.5 Å². The zero-order valence-corrected chi connectivity index (χ0v) is 11.7. The van der Waals surface area contributed by atoms with Crippen molar-refractivity contribution < 1.29 is 9.53 Å². The zero-order valence-electron chi connectivity index (χ0n) is 11.7. The number of nitrogens with one attached hydrogen (secondary N) is 2. The van der Waals surface area contributed by atoms with Crippen molar-refractivity contribution in [3.8, 4) is 5.75 Å². The largest absolute Gasteiger partial charge is 0.484 e. The first kappa shape index (κ1) is 14.1.